The van der Waals surface area contributed by atoms with Crippen molar-refractivity contribution in [1.29, 1.82) is 0 Å². The van der Waals surface area contributed by atoms with Gasteiger partial charge in [0.2, 0.25) is 5.13 Å². The Balaban J connectivity index is 1.54. The standard InChI is InChI=1S/C15H18N4OS2/c1-19(2)13(20)11-5-3-10(4-6-11)9-21-15-18-17-14(22-15)16-12-7-8-12/h3-6,12H,7-9H2,1-2H3,(H,16,17). The third-order valence-electron chi connectivity index (χ3n) is 3.28. The second-order valence-corrected chi connectivity index (χ2v) is 7.68. The second kappa shape index (κ2) is 6.66. The van der Waals surface area contributed by atoms with E-state index in [4.69, 9.17) is 0 Å². The van der Waals surface area contributed by atoms with Gasteiger partial charge in [0.1, 0.15) is 0 Å². The summed E-state index contributed by atoms with van der Waals surface area (Å²) in [5.41, 5.74) is 1.89. The van der Waals surface area contributed by atoms with Gasteiger partial charge >= 0.3 is 0 Å². The van der Waals surface area contributed by atoms with Gasteiger partial charge in [-0.15, -0.1) is 10.2 Å². The second-order valence-electron chi connectivity index (χ2n) is 5.48. The van der Waals surface area contributed by atoms with Crippen LogP contribution in [0.3, 0.4) is 0 Å². The van der Waals surface area contributed by atoms with Gasteiger partial charge in [0.05, 0.1) is 0 Å². The Morgan fingerprint density at radius 2 is 2.05 bits per heavy atom. The van der Waals surface area contributed by atoms with Gasteiger partial charge < -0.3 is 10.2 Å². The van der Waals surface area contributed by atoms with Crippen LogP contribution in [0.4, 0.5) is 5.13 Å². The van der Waals surface area contributed by atoms with E-state index in [0.717, 1.165) is 15.2 Å². The zero-order valence-corrected chi connectivity index (χ0v) is 14.2. The average Bonchev–Trinajstić information content (AvgIpc) is 3.22. The molecule has 22 heavy (non-hydrogen) atoms. The molecule has 116 valence electrons. The van der Waals surface area contributed by atoms with Crippen molar-refractivity contribution in [3.8, 4) is 0 Å². The number of thioether (sulfide) groups is 1. The number of hydrogen-bond acceptors (Lipinski definition) is 6. The van der Waals surface area contributed by atoms with Crippen LogP contribution in [0, 0.1) is 0 Å². The molecule has 1 heterocycles. The Labute approximate surface area is 138 Å². The summed E-state index contributed by atoms with van der Waals surface area (Å²) >= 11 is 3.27. The SMILES string of the molecule is CN(C)C(=O)c1ccc(CSc2nnc(NC3CC3)s2)cc1. The van der Waals surface area contributed by atoms with Crippen LogP contribution in [-0.2, 0) is 5.75 Å². The van der Waals surface area contributed by atoms with Crippen molar-refractivity contribution in [3.63, 3.8) is 0 Å². The van der Waals surface area contributed by atoms with Crippen molar-refractivity contribution in [1.82, 2.24) is 15.1 Å². The number of amides is 1. The molecule has 1 amide bonds. The van der Waals surface area contributed by atoms with Crippen LogP contribution >= 0.6 is 23.1 Å². The normalized spacial score (nSPS) is 13.9. The zero-order chi connectivity index (χ0) is 15.5. The highest BCUT2D eigenvalue weighted by Crippen LogP contribution is 2.31. The molecule has 3 rings (SSSR count). The van der Waals surface area contributed by atoms with Crippen molar-refractivity contribution in [2.45, 2.75) is 29.0 Å². The molecule has 5 nitrogen and oxygen atoms in total. The van der Waals surface area contributed by atoms with Crippen molar-refractivity contribution in [2.75, 3.05) is 19.4 Å². The maximum absolute atomic E-state index is 11.8. The zero-order valence-electron chi connectivity index (χ0n) is 12.6. The molecule has 1 aromatic heterocycles. The van der Waals surface area contributed by atoms with Gasteiger partial charge in [-0.05, 0) is 30.5 Å². The molecule has 1 aromatic carbocycles. The molecule has 0 aliphatic heterocycles. The first-order chi connectivity index (χ1) is 10.6. The highest BCUT2D eigenvalue weighted by atomic mass is 32.2. The number of benzene rings is 1. The molecule has 0 unspecified atom stereocenters. The number of hydrogen-bond donors (Lipinski definition) is 1. The van der Waals surface area contributed by atoms with E-state index in [1.807, 2.05) is 24.3 Å². The van der Waals surface area contributed by atoms with Crippen LogP contribution in [0.5, 0.6) is 0 Å². The highest BCUT2D eigenvalue weighted by Gasteiger charge is 2.22. The fourth-order valence-electron chi connectivity index (χ4n) is 1.88. The van der Waals surface area contributed by atoms with E-state index < -0.39 is 0 Å². The van der Waals surface area contributed by atoms with Gasteiger partial charge in [-0.3, -0.25) is 4.79 Å². The Morgan fingerprint density at radius 3 is 2.68 bits per heavy atom. The van der Waals surface area contributed by atoms with E-state index in [-0.39, 0.29) is 5.91 Å². The van der Waals surface area contributed by atoms with Gasteiger partial charge in [0, 0.05) is 31.5 Å². The maximum atomic E-state index is 11.8. The third-order valence-corrected chi connectivity index (χ3v) is 5.34. The van der Waals surface area contributed by atoms with Gasteiger partial charge in [0.15, 0.2) is 4.34 Å². The molecule has 2 aromatic rings. The van der Waals surface area contributed by atoms with Crippen LogP contribution in [0.15, 0.2) is 28.6 Å². The summed E-state index contributed by atoms with van der Waals surface area (Å²) in [5, 5.41) is 12.6. The molecule has 0 bridgehead atoms. The Hall–Kier alpha value is -1.60. The first kappa shape index (κ1) is 15.3. The summed E-state index contributed by atoms with van der Waals surface area (Å²) in [6.07, 6.45) is 2.47. The lowest BCUT2D eigenvalue weighted by atomic mass is 10.1. The lowest BCUT2D eigenvalue weighted by Crippen LogP contribution is -2.21. The van der Waals surface area contributed by atoms with Crippen LogP contribution in [0.1, 0.15) is 28.8 Å². The lowest BCUT2D eigenvalue weighted by molar-refractivity contribution is 0.0827. The molecule has 1 aliphatic carbocycles. The van der Waals surface area contributed by atoms with Crippen molar-refractivity contribution in [3.05, 3.63) is 35.4 Å². The first-order valence-corrected chi connectivity index (χ1v) is 8.95. The number of carbonyl (C=O) groups is 1. The Morgan fingerprint density at radius 1 is 1.32 bits per heavy atom. The summed E-state index contributed by atoms with van der Waals surface area (Å²) in [4.78, 5) is 13.4. The van der Waals surface area contributed by atoms with E-state index >= 15 is 0 Å². The fourth-order valence-corrected chi connectivity index (χ4v) is 3.66. The van der Waals surface area contributed by atoms with Gasteiger partial charge in [-0.25, -0.2) is 0 Å². The van der Waals surface area contributed by atoms with Crippen LogP contribution < -0.4 is 5.32 Å². The topological polar surface area (TPSA) is 58.1 Å². The smallest absolute Gasteiger partial charge is 0.253 e. The third kappa shape index (κ3) is 3.98. The molecule has 1 N–H and O–H groups in total. The molecular formula is C15H18N4OS2. The predicted octanol–water partition coefficient (Wildman–Crippen LogP) is 3.11. The van der Waals surface area contributed by atoms with Crippen molar-refractivity contribution < 1.29 is 4.79 Å². The quantitative estimate of drug-likeness (QED) is 0.823. The monoisotopic (exact) mass is 334 g/mol. The molecule has 7 heteroatoms. The Kier molecular flexibility index (Phi) is 4.63. The minimum absolute atomic E-state index is 0.0270. The van der Waals surface area contributed by atoms with E-state index in [2.05, 4.69) is 15.5 Å². The summed E-state index contributed by atoms with van der Waals surface area (Å²) < 4.78 is 0.969. The van der Waals surface area contributed by atoms with E-state index in [0.29, 0.717) is 11.6 Å². The molecule has 0 atom stereocenters. The van der Waals surface area contributed by atoms with Crippen molar-refractivity contribution in [2.24, 2.45) is 0 Å². The first-order valence-electron chi connectivity index (χ1n) is 7.15. The van der Waals surface area contributed by atoms with E-state index in [9.17, 15) is 4.79 Å². The van der Waals surface area contributed by atoms with Gasteiger partial charge in [-0.1, -0.05) is 35.2 Å². The number of aromatic nitrogens is 2. The molecule has 0 spiro atoms. The van der Waals surface area contributed by atoms with Crippen LogP contribution in [-0.4, -0.2) is 41.1 Å². The van der Waals surface area contributed by atoms with E-state index in [1.54, 1.807) is 42.1 Å². The number of rotatable bonds is 6. The summed E-state index contributed by atoms with van der Waals surface area (Å²) in [6, 6.07) is 8.34. The number of carbonyl (C=O) groups excluding carboxylic acids is 1. The number of nitrogens with zero attached hydrogens (tertiary/aromatic N) is 3. The van der Waals surface area contributed by atoms with E-state index in [1.165, 1.54) is 18.4 Å². The summed E-state index contributed by atoms with van der Waals surface area (Å²) in [5.74, 6) is 0.855. The molecule has 0 radical (unpaired) electrons. The molecule has 1 aliphatic rings. The minimum Gasteiger partial charge on any atom is -0.357 e. The maximum Gasteiger partial charge on any atom is 0.253 e. The summed E-state index contributed by atoms with van der Waals surface area (Å²) in [6.45, 7) is 0. The minimum atomic E-state index is 0.0270. The molecule has 1 fully saturated rings. The predicted molar refractivity (Wildman–Crippen MR) is 90.6 cm³/mol. The number of nitrogens with one attached hydrogen (secondary N) is 1. The van der Waals surface area contributed by atoms with Crippen molar-refractivity contribution >= 4 is 34.1 Å². The Bertz CT molecular complexity index is 650. The molecular weight excluding hydrogens is 316 g/mol. The van der Waals surface area contributed by atoms with Crippen LogP contribution in [0.25, 0.3) is 0 Å². The fraction of sp³-hybridized carbons (Fsp3) is 0.400. The highest BCUT2D eigenvalue weighted by molar-refractivity contribution is 8.00. The molecule has 0 saturated heterocycles. The lowest BCUT2D eigenvalue weighted by Gasteiger charge is -2.10. The van der Waals surface area contributed by atoms with Gasteiger partial charge in [0.25, 0.3) is 5.91 Å². The van der Waals surface area contributed by atoms with Gasteiger partial charge in [-0.2, -0.15) is 0 Å². The van der Waals surface area contributed by atoms with Crippen LogP contribution in [0.2, 0.25) is 0 Å². The number of anilines is 1. The summed E-state index contributed by atoms with van der Waals surface area (Å²) in [7, 11) is 3.52. The molecule has 1 saturated carbocycles. The average molecular weight is 334 g/mol. The largest absolute Gasteiger partial charge is 0.357 e.